The molecule has 0 unspecified atom stereocenters. The average molecular weight is 490 g/mol. The molecule has 0 aliphatic rings. The van der Waals surface area contributed by atoms with E-state index in [4.69, 9.17) is 28.2 Å². The van der Waals surface area contributed by atoms with Crippen LogP contribution in [0.1, 0.15) is 41.6 Å². The van der Waals surface area contributed by atoms with Crippen LogP contribution in [-0.4, -0.2) is 44.6 Å². The number of nitrogens with one attached hydrogen (secondary N) is 2. The van der Waals surface area contributed by atoms with Gasteiger partial charge in [-0.15, -0.1) is 0 Å². The maximum atomic E-state index is 12.7. The number of nitrogens with two attached hydrogens (primary N) is 2. The van der Waals surface area contributed by atoms with Gasteiger partial charge in [0.25, 0.3) is 11.7 Å². The van der Waals surface area contributed by atoms with Crippen molar-refractivity contribution in [3.05, 3.63) is 40.4 Å². The second kappa shape index (κ2) is 11.1. The van der Waals surface area contributed by atoms with Crippen LogP contribution < -0.4 is 26.7 Å². The minimum absolute atomic E-state index is 0.0355. The number of aliphatic hydroxyl groups is 1. The number of halogens is 1. The van der Waals surface area contributed by atoms with Crippen molar-refractivity contribution in [3.8, 4) is 0 Å². The molecule has 3 aromatic rings. The van der Waals surface area contributed by atoms with Gasteiger partial charge in [0.15, 0.2) is 33.5 Å². The van der Waals surface area contributed by atoms with Crippen molar-refractivity contribution in [3.63, 3.8) is 0 Å². The summed E-state index contributed by atoms with van der Waals surface area (Å²) in [6, 6.07) is 6.07. The third-order valence-electron chi connectivity index (χ3n) is 5.53. The Morgan fingerprint density at radius 1 is 1.21 bits per heavy atom. The van der Waals surface area contributed by atoms with Crippen LogP contribution in [0.15, 0.2) is 18.2 Å². The summed E-state index contributed by atoms with van der Waals surface area (Å²) in [6.45, 7) is 3.46. The number of hydrogen-bond donors (Lipinski definition) is 5. The monoisotopic (exact) mass is 489 g/mol. The quantitative estimate of drug-likeness (QED) is 0.204. The topological polar surface area (TPSA) is 165 Å². The van der Waals surface area contributed by atoms with Crippen LogP contribution in [0.5, 0.6) is 0 Å². The van der Waals surface area contributed by atoms with Crippen LogP contribution in [0.2, 0.25) is 5.15 Å². The number of aliphatic hydroxyl groups excluding tert-OH is 1. The SMILES string of the molecule is CCn1c(CNC(=O)c2nc(Cl)c(N)nc2N)[n+](C)c2ccc(CCC(=O)NCCCO)cc21. The number of aromatic nitrogens is 4. The van der Waals surface area contributed by atoms with Gasteiger partial charge in [0.05, 0.1) is 13.6 Å². The molecule has 3 rings (SSSR count). The van der Waals surface area contributed by atoms with E-state index >= 15 is 0 Å². The van der Waals surface area contributed by atoms with E-state index in [0.717, 1.165) is 22.4 Å². The molecule has 7 N–H and O–H groups in total. The molecule has 0 spiro atoms. The molecule has 0 saturated carbocycles. The lowest BCUT2D eigenvalue weighted by Crippen LogP contribution is -2.38. The van der Waals surface area contributed by atoms with E-state index < -0.39 is 5.91 Å². The number of benzene rings is 1. The summed E-state index contributed by atoms with van der Waals surface area (Å²) in [5.74, 6) is 0.195. The third kappa shape index (κ3) is 5.54. The molecule has 0 fully saturated rings. The first kappa shape index (κ1) is 25.2. The third-order valence-corrected chi connectivity index (χ3v) is 5.81. The smallest absolute Gasteiger partial charge is 0.276 e. The number of nitrogen functional groups attached to an aromatic ring is 2. The van der Waals surface area contributed by atoms with Gasteiger partial charge in [-0.3, -0.25) is 9.59 Å². The molecule has 11 nitrogen and oxygen atoms in total. The predicted molar refractivity (Wildman–Crippen MR) is 129 cm³/mol. The largest absolute Gasteiger partial charge is 0.396 e. The van der Waals surface area contributed by atoms with Gasteiger partial charge in [-0.1, -0.05) is 17.7 Å². The van der Waals surface area contributed by atoms with Crippen molar-refractivity contribution in [1.29, 1.82) is 0 Å². The van der Waals surface area contributed by atoms with E-state index in [1.165, 1.54) is 0 Å². The van der Waals surface area contributed by atoms with Crippen LogP contribution in [-0.2, 0) is 31.4 Å². The van der Waals surface area contributed by atoms with Crippen molar-refractivity contribution >= 4 is 46.1 Å². The highest BCUT2D eigenvalue weighted by molar-refractivity contribution is 6.31. The second-order valence-electron chi connectivity index (χ2n) is 7.79. The molecule has 2 amide bonds. The number of carbonyl (C=O) groups is 2. The maximum Gasteiger partial charge on any atom is 0.276 e. The fourth-order valence-electron chi connectivity index (χ4n) is 3.76. The van der Waals surface area contributed by atoms with Crippen LogP contribution in [0.4, 0.5) is 11.6 Å². The number of aryl methyl sites for hydroxylation is 3. The lowest BCUT2D eigenvalue weighted by molar-refractivity contribution is -0.654. The first-order chi connectivity index (χ1) is 16.3. The summed E-state index contributed by atoms with van der Waals surface area (Å²) in [7, 11) is 1.93. The van der Waals surface area contributed by atoms with E-state index in [9.17, 15) is 9.59 Å². The van der Waals surface area contributed by atoms with Crippen molar-refractivity contribution < 1.29 is 19.3 Å². The molecule has 0 aliphatic carbocycles. The van der Waals surface area contributed by atoms with Gasteiger partial charge in [0.1, 0.15) is 6.54 Å². The van der Waals surface area contributed by atoms with Gasteiger partial charge < -0.3 is 27.2 Å². The van der Waals surface area contributed by atoms with E-state index in [2.05, 4.69) is 31.2 Å². The first-order valence-corrected chi connectivity index (χ1v) is 11.4. The molecule has 0 atom stereocenters. The minimum atomic E-state index is -0.507. The predicted octanol–water partition coefficient (Wildman–Crippen LogP) is 0.455. The number of rotatable bonds is 10. The molecular formula is C22H30ClN8O3+. The van der Waals surface area contributed by atoms with Gasteiger partial charge in [0.2, 0.25) is 5.91 Å². The Bertz CT molecular complexity index is 1210. The Labute approximate surface area is 202 Å². The van der Waals surface area contributed by atoms with Crippen molar-refractivity contribution in [1.82, 2.24) is 25.2 Å². The zero-order valence-electron chi connectivity index (χ0n) is 19.3. The molecule has 2 aromatic heterocycles. The maximum absolute atomic E-state index is 12.7. The van der Waals surface area contributed by atoms with Crippen LogP contribution in [0.25, 0.3) is 11.0 Å². The summed E-state index contributed by atoms with van der Waals surface area (Å²) in [5, 5.41) is 14.4. The fraction of sp³-hybridized carbons (Fsp3) is 0.409. The zero-order chi connectivity index (χ0) is 24.8. The van der Waals surface area contributed by atoms with Gasteiger partial charge >= 0.3 is 0 Å². The average Bonchev–Trinajstić information content (AvgIpc) is 3.08. The highest BCUT2D eigenvalue weighted by Crippen LogP contribution is 2.19. The molecule has 12 heteroatoms. The molecular weight excluding hydrogens is 460 g/mol. The molecule has 182 valence electrons. The summed E-state index contributed by atoms with van der Waals surface area (Å²) in [4.78, 5) is 32.4. The van der Waals surface area contributed by atoms with E-state index in [-0.39, 0.29) is 41.5 Å². The summed E-state index contributed by atoms with van der Waals surface area (Å²) in [5.41, 5.74) is 14.3. The van der Waals surface area contributed by atoms with E-state index in [0.29, 0.717) is 32.4 Å². The van der Waals surface area contributed by atoms with Crippen LogP contribution in [0, 0.1) is 0 Å². The fourth-order valence-corrected chi connectivity index (χ4v) is 3.88. The van der Waals surface area contributed by atoms with E-state index in [1.807, 2.05) is 30.7 Å². The Morgan fingerprint density at radius 3 is 2.68 bits per heavy atom. The molecule has 2 heterocycles. The number of imidazole rings is 1. The summed E-state index contributed by atoms with van der Waals surface area (Å²) >= 11 is 5.89. The Hall–Kier alpha value is -3.44. The lowest BCUT2D eigenvalue weighted by Gasteiger charge is -2.07. The second-order valence-corrected chi connectivity index (χ2v) is 8.14. The molecule has 1 aromatic carbocycles. The number of hydrogen-bond acceptors (Lipinski definition) is 7. The van der Waals surface area contributed by atoms with Gasteiger partial charge in [-0.05, 0) is 37.5 Å². The Morgan fingerprint density at radius 2 is 1.97 bits per heavy atom. The van der Waals surface area contributed by atoms with E-state index in [1.54, 1.807) is 0 Å². The number of nitrogens with zero attached hydrogens (tertiary/aromatic N) is 4. The molecule has 0 aliphatic heterocycles. The number of fused-ring (bicyclic) bond motifs is 1. The molecule has 34 heavy (non-hydrogen) atoms. The Balaban J connectivity index is 1.77. The van der Waals surface area contributed by atoms with Crippen molar-refractivity contribution in [2.24, 2.45) is 7.05 Å². The van der Waals surface area contributed by atoms with Crippen molar-refractivity contribution in [2.45, 2.75) is 39.3 Å². The number of amides is 2. The highest BCUT2D eigenvalue weighted by atomic mass is 35.5. The Kier molecular flexibility index (Phi) is 8.24. The normalized spacial score (nSPS) is 11.1. The van der Waals surface area contributed by atoms with Gasteiger partial charge in [-0.2, -0.15) is 0 Å². The molecule has 0 saturated heterocycles. The number of anilines is 2. The summed E-state index contributed by atoms with van der Waals surface area (Å²) in [6.07, 6.45) is 1.51. The van der Waals surface area contributed by atoms with Gasteiger partial charge in [0, 0.05) is 19.6 Å². The molecule has 0 radical (unpaired) electrons. The zero-order valence-corrected chi connectivity index (χ0v) is 20.0. The van der Waals surface area contributed by atoms with Crippen LogP contribution >= 0.6 is 11.6 Å². The van der Waals surface area contributed by atoms with Gasteiger partial charge in [-0.25, -0.2) is 19.1 Å². The molecule has 0 bridgehead atoms. The van der Waals surface area contributed by atoms with Crippen molar-refractivity contribution in [2.75, 3.05) is 24.6 Å². The number of carbonyl (C=O) groups excluding carboxylic acids is 2. The summed E-state index contributed by atoms with van der Waals surface area (Å²) < 4.78 is 4.11. The minimum Gasteiger partial charge on any atom is -0.396 e. The first-order valence-electron chi connectivity index (χ1n) is 11.0. The standard InChI is InChI=1S/C22H29ClN8O3/c1-3-31-15-11-13(6-8-16(33)26-9-4-10-32)5-7-14(15)30(2)17(31)12-27-22(34)18-20(24)29-21(25)19(23)28-18/h5,7,11,32H,3-4,6,8-10,12H2,1-2H3,(H5-,24,25,26,27,29,33,34)/p+1. The van der Waals surface area contributed by atoms with Crippen LogP contribution in [0.3, 0.4) is 0 Å². The highest BCUT2D eigenvalue weighted by Gasteiger charge is 2.24. The lowest BCUT2D eigenvalue weighted by atomic mass is 10.1.